The topological polar surface area (TPSA) is 231 Å². The summed E-state index contributed by atoms with van der Waals surface area (Å²) in [5, 5.41) is 18.4. The van der Waals surface area contributed by atoms with E-state index in [4.69, 9.17) is 0 Å². The quantitative estimate of drug-likeness (QED) is 0.0355. The van der Waals surface area contributed by atoms with Crippen molar-refractivity contribution in [3.05, 3.63) is 94.8 Å². The summed E-state index contributed by atoms with van der Waals surface area (Å²) < 4.78 is 70.9. The number of fused-ring (bicyclic) bond motifs is 2. The molecule has 8 amide bonds. The van der Waals surface area contributed by atoms with Gasteiger partial charge in [0.25, 0.3) is 0 Å². The first-order valence-electron chi connectivity index (χ1n) is 24.6. The van der Waals surface area contributed by atoms with Crippen LogP contribution in [-0.4, -0.2) is 58.3 Å². The number of nitrogens with one attached hydrogen (secondary N) is 4. The molecule has 95 heavy (non-hydrogen) atoms. The van der Waals surface area contributed by atoms with Crippen molar-refractivity contribution >= 4 is 53.2 Å². The van der Waals surface area contributed by atoms with E-state index in [0.29, 0.717) is 17.8 Å². The summed E-state index contributed by atoms with van der Waals surface area (Å²) in [7, 11) is 0. The van der Waals surface area contributed by atoms with E-state index in [2.05, 4.69) is 27.6 Å². The van der Waals surface area contributed by atoms with Crippen LogP contribution in [0.1, 0.15) is 260 Å². The maximum Gasteiger partial charge on any atom is 0.317 e. The summed E-state index contributed by atoms with van der Waals surface area (Å²) in [5.41, 5.74) is 0.268. The van der Waals surface area contributed by atoms with Crippen molar-refractivity contribution in [2.75, 3.05) is 0 Å². The molecule has 6 aliphatic rings. The summed E-state index contributed by atoms with van der Waals surface area (Å²) in [4.78, 5) is 105. The van der Waals surface area contributed by atoms with Crippen molar-refractivity contribution in [2.24, 2.45) is 76.4 Å². The number of amides is 8. The lowest BCUT2D eigenvalue weighted by Crippen LogP contribution is -2.42. The zero-order chi connectivity index (χ0) is 55.0. The lowest BCUT2D eigenvalue weighted by Gasteiger charge is -2.33. The largest absolute Gasteiger partial charge is 0.508 e. The summed E-state index contributed by atoms with van der Waals surface area (Å²) in [6, 6.07) is 16.6. The monoisotopic (exact) mass is 1370 g/mol. The molecule has 6 fully saturated rings. The molecular formula is C75H145F5N4O11. The SMILES string of the molecule is C.C.C.C.C.C.C.C.C.C.C.C.C.C.C.C.C.C.C.C.C.CC1C(=O)NC(=O)C1C(C)(C)C(=O)Oc1c(F)c(F)c(F)c(F)c1F.CC1C(=O)NC(=O)C1C(C)c1ccc(O)cc1.CC1C(=O)NC(=O)C1C(C)c1ccccc1.CC1C(=O)NC(=O)C1C1C2CCC(C2)C1C. The van der Waals surface area contributed by atoms with E-state index in [1.807, 2.05) is 63.3 Å². The molecule has 14 unspecified atom stereocenters. The number of phenols is 1. The molecule has 566 valence electrons. The van der Waals surface area contributed by atoms with Crippen molar-refractivity contribution in [1.29, 1.82) is 0 Å². The Morgan fingerprint density at radius 2 is 0.768 bits per heavy atom. The number of halogens is 5. The van der Waals surface area contributed by atoms with Crippen molar-refractivity contribution in [1.82, 2.24) is 21.3 Å². The van der Waals surface area contributed by atoms with Crippen LogP contribution in [0, 0.1) is 106 Å². The molecule has 0 spiro atoms. The number of imide groups is 4. The van der Waals surface area contributed by atoms with Gasteiger partial charge in [-0.15, -0.1) is 0 Å². The second kappa shape index (κ2) is 51.4. The molecule has 4 saturated heterocycles. The van der Waals surface area contributed by atoms with Crippen LogP contribution in [-0.2, 0) is 43.2 Å². The predicted molar refractivity (Wildman–Crippen MR) is 395 cm³/mol. The number of carbonyl (C=O) groups is 9. The van der Waals surface area contributed by atoms with E-state index in [1.54, 1.807) is 31.2 Å². The lowest BCUT2D eigenvalue weighted by molar-refractivity contribution is -0.151. The van der Waals surface area contributed by atoms with Crippen LogP contribution >= 0.6 is 0 Å². The molecule has 9 rings (SSSR count). The summed E-state index contributed by atoms with van der Waals surface area (Å²) >= 11 is 0. The van der Waals surface area contributed by atoms with Gasteiger partial charge in [0.05, 0.1) is 29.1 Å². The van der Waals surface area contributed by atoms with Crippen LogP contribution in [0.4, 0.5) is 22.0 Å². The first kappa shape index (κ1) is 129. The number of ether oxygens (including phenoxy) is 1. The Labute approximate surface area is 579 Å². The molecule has 2 aliphatic carbocycles. The Morgan fingerprint density at radius 1 is 0.442 bits per heavy atom. The van der Waals surface area contributed by atoms with E-state index in [0.717, 1.165) is 30.9 Å². The number of benzene rings is 3. The number of hydrogen-bond acceptors (Lipinski definition) is 11. The fraction of sp³-hybridized carbons (Fsp3) is 0.640. The summed E-state index contributed by atoms with van der Waals surface area (Å²) in [6.07, 6.45) is 3.89. The smallest absolute Gasteiger partial charge is 0.317 e. The van der Waals surface area contributed by atoms with Crippen LogP contribution in [0.3, 0.4) is 0 Å². The van der Waals surface area contributed by atoms with Crippen LogP contribution in [0.5, 0.6) is 11.5 Å². The maximum atomic E-state index is 13.6. The van der Waals surface area contributed by atoms with Crippen LogP contribution < -0.4 is 26.0 Å². The Hall–Kier alpha value is -6.86. The van der Waals surface area contributed by atoms with Gasteiger partial charge in [-0.3, -0.25) is 64.4 Å². The minimum absolute atomic E-state index is 0. The summed E-state index contributed by atoms with van der Waals surface area (Å²) in [5.74, 6) is -17.7. The average molecular weight is 1370 g/mol. The van der Waals surface area contributed by atoms with Gasteiger partial charge < -0.3 is 9.84 Å². The molecular weight excluding hydrogens is 1230 g/mol. The van der Waals surface area contributed by atoms with Crippen molar-refractivity contribution in [3.8, 4) is 11.5 Å². The van der Waals surface area contributed by atoms with E-state index in [-0.39, 0.29) is 244 Å². The van der Waals surface area contributed by atoms with Gasteiger partial charge in [0.2, 0.25) is 82.1 Å². The molecule has 14 atom stereocenters. The highest BCUT2D eigenvalue weighted by Crippen LogP contribution is 2.56. The summed E-state index contributed by atoms with van der Waals surface area (Å²) in [6.45, 7) is 15.3. The van der Waals surface area contributed by atoms with Crippen molar-refractivity contribution in [2.45, 2.75) is 249 Å². The van der Waals surface area contributed by atoms with Gasteiger partial charge in [-0.05, 0) is 91.9 Å². The first-order valence-corrected chi connectivity index (χ1v) is 24.6. The molecule has 15 nitrogen and oxygen atoms in total. The molecule has 3 aromatic rings. The molecule has 4 aliphatic heterocycles. The van der Waals surface area contributed by atoms with Crippen molar-refractivity contribution in [3.63, 3.8) is 0 Å². The normalized spacial score (nSPS) is 23.1. The first-order chi connectivity index (χ1) is 34.6. The van der Waals surface area contributed by atoms with E-state index in [1.165, 1.54) is 26.2 Å². The lowest BCUT2D eigenvalue weighted by atomic mass is 9.70. The van der Waals surface area contributed by atoms with Gasteiger partial charge in [0, 0.05) is 23.7 Å². The number of esters is 1. The molecule has 2 saturated carbocycles. The third-order valence-electron chi connectivity index (χ3n) is 16.3. The highest BCUT2D eigenvalue weighted by atomic mass is 19.2. The number of aromatic hydroxyl groups is 1. The fourth-order valence-electron chi connectivity index (χ4n) is 11.8. The van der Waals surface area contributed by atoms with E-state index < -0.39 is 69.9 Å². The second-order valence-corrected chi connectivity index (χ2v) is 21.0. The average Bonchev–Trinajstić information content (AvgIpc) is 4.24. The molecule has 0 aromatic heterocycles. The van der Waals surface area contributed by atoms with Crippen LogP contribution in [0.2, 0.25) is 0 Å². The molecule has 2 bridgehead atoms. The Bertz CT molecular complexity index is 2720. The van der Waals surface area contributed by atoms with Gasteiger partial charge in [-0.25, -0.2) is 13.2 Å². The van der Waals surface area contributed by atoms with Gasteiger partial charge >= 0.3 is 5.97 Å². The van der Waals surface area contributed by atoms with Crippen LogP contribution in [0.15, 0.2) is 54.6 Å². The molecule has 20 heteroatoms. The minimum atomic E-state index is -2.40. The predicted octanol–water partition coefficient (Wildman–Crippen LogP) is 20.3. The number of phenolic OH excluding ortho intramolecular Hbond substituents is 1. The Morgan fingerprint density at radius 3 is 1.08 bits per heavy atom. The number of carbonyl (C=O) groups excluding carboxylic acids is 9. The molecule has 0 radical (unpaired) electrons. The maximum absolute atomic E-state index is 13.6. The zero-order valence-electron chi connectivity index (χ0n) is 42.3. The molecule has 5 N–H and O–H groups in total. The second-order valence-electron chi connectivity index (χ2n) is 21.0. The number of hydrogen-bond donors (Lipinski definition) is 5. The van der Waals surface area contributed by atoms with Crippen LogP contribution in [0.25, 0.3) is 0 Å². The minimum Gasteiger partial charge on any atom is -0.508 e. The van der Waals surface area contributed by atoms with Gasteiger partial charge in [-0.1, -0.05) is 247 Å². The van der Waals surface area contributed by atoms with E-state index >= 15 is 0 Å². The third-order valence-corrected chi connectivity index (χ3v) is 16.3. The third kappa shape index (κ3) is 25.9. The highest BCUT2D eigenvalue weighted by Gasteiger charge is 2.55. The van der Waals surface area contributed by atoms with E-state index in [9.17, 15) is 70.2 Å². The standard InChI is InChI=1S/C15H12F5NO4.C13H15NO3.C13H19NO2.C13H15NO2.21CH4/c1-4-5(13(23)21-12(4)22)15(2,3)14(24)25-11-9(19)7(17)6(16)8(18)10(11)20;1-7(9-3-5-10(15)6-4-9)11-8(2)12(16)14-13(11)17;1-6-8-3-4-9(5-8)10(6)11-7(2)12(15)14-13(11)16;1-8(10-6-4-3-5-7-10)11-9(2)12(15)14-13(11)16;;;;;;;;;;;;;;;;;;;;;/h4-5H,1-3H3,(H,21,22,23);3-8,11,15H,1-2H3,(H,14,16,17);6-11H,3-5H2,1-2H3,(H,14,15,16);3-9,11H,1-2H3,(H,14,15,16);21*1H4. The Kier molecular flexibility index (Phi) is 69.6. The van der Waals surface area contributed by atoms with Gasteiger partial charge in [0.1, 0.15) is 5.75 Å². The highest BCUT2D eigenvalue weighted by molar-refractivity contribution is 6.08. The fourth-order valence-corrected chi connectivity index (χ4v) is 11.8. The zero-order valence-corrected chi connectivity index (χ0v) is 42.3. The van der Waals surface area contributed by atoms with Gasteiger partial charge in [0.15, 0.2) is 0 Å². The Balaban J connectivity index is -0.0000000590. The number of rotatable bonds is 8. The molecule has 4 heterocycles. The van der Waals surface area contributed by atoms with Crippen molar-refractivity contribution < 1.29 is 74.9 Å². The molecule has 3 aromatic carbocycles. The van der Waals surface area contributed by atoms with Gasteiger partial charge in [-0.2, -0.15) is 8.78 Å².